The van der Waals surface area contributed by atoms with E-state index in [1.807, 2.05) is 48.9 Å². The Morgan fingerprint density at radius 3 is 1.89 bits per heavy atom. The lowest BCUT2D eigenvalue weighted by Gasteiger charge is -2.31. The molecule has 0 fully saturated rings. The first-order valence-electron chi connectivity index (χ1n) is 13.2. The maximum absolute atomic E-state index is 13.5. The molecule has 0 aliphatic heterocycles. The average Bonchev–Trinajstić information content (AvgIpc) is 2.85. The normalized spacial score (nSPS) is 12.8. The largest absolute Gasteiger partial charge is 0.507 e. The van der Waals surface area contributed by atoms with Crippen molar-refractivity contribution in [1.82, 2.24) is 0 Å². The average molecular weight is 531 g/mol. The minimum Gasteiger partial charge on any atom is -0.507 e. The smallest absolute Gasteiger partial charge is 0.306 e. The Morgan fingerprint density at radius 1 is 0.667 bits per heavy atom. The molecule has 6 heteroatoms. The van der Waals surface area contributed by atoms with Gasteiger partial charge < -0.3 is 5.11 Å². The first kappa shape index (κ1) is 28.5. The molecule has 3 aromatic carbocycles. The van der Waals surface area contributed by atoms with Gasteiger partial charge in [-0.3, -0.25) is 0 Å². The minimum absolute atomic E-state index is 0.175. The topological polar surface area (TPSA) is 63.6 Å². The SMILES string of the molecule is CCCCCCCCCCCCc1ccccc1S(=O)(=O)OS(C)(C)c1ccc(O)c2ccccc12. The number of rotatable bonds is 15. The van der Waals surface area contributed by atoms with E-state index in [1.165, 1.54) is 51.4 Å². The standard InChI is InChI=1S/C30H42O4S2/c1-4-5-6-7-8-9-10-11-12-13-18-25-19-14-17-22-29(25)36(32,33)34-35(2,3)30-24-23-28(31)26-20-15-16-21-27(26)30/h14-17,19-24,31H,4-13,18H2,1-3H3. The van der Waals surface area contributed by atoms with E-state index in [-0.39, 0.29) is 10.6 Å². The lowest BCUT2D eigenvalue weighted by Crippen LogP contribution is -2.13. The zero-order chi connectivity index (χ0) is 26.0. The predicted octanol–water partition coefficient (Wildman–Crippen LogP) is 8.75. The van der Waals surface area contributed by atoms with Crippen molar-refractivity contribution in [2.45, 2.75) is 87.3 Å². The van der Waals surface area contributed by atoms with E-state index in [0.717, 1.165) is 35.1 Å². The van der Waals surface area contributed by atoms with Crippen molar-refractivity contribution < 1.29 is 17.2 Å². The summed E-state index contributed by atoms with van der Waals surface area (Å²) in [5.41, 5.74) is 0.822. The molecule has 3 rings (SSSR count). The highest BCUT2D eigenvalue weighted by Gasteiger charge is 2.29. The first-order valence-corrected chi connectivity index (χ1v) is 17.0. The summed E-state index contributed by atoms with van der Waals surface area (Å²) >= 11 is 0. The Balaban J connectivity index is 1.63. The number of aryl methyl sites for hydroxylation is 1. The van der Waals surface area contributed by atoms with Crippen LogP contribution in [0.2, 0.25) is 0 Å². The van der Waals surface area contributed by atoms with Crippen LogP contribution in [0.15, 0.2) is 70.5 Å². The third-order valence-electron chi connectivity index (χ3n) is 6.69. The summed E-state index contributed by atoms with van der Waals surface area (Å²) in [6.07, 6.45) is 16.9. The number of fused-ring (bicyclic) bond motifs is 1. The van der Waals surface area contributed by atoms with Gasteiger partial charge in [0.05, 0.1) is 4.90 Å². The Labute approximate surface area is 219 Å². The van der Waals surface area contributed by atoms with Crippen LogP contribution in [0.4, 0.5) is 0 Å². The highest BCUT2D eigenvalue weighted by molar-refractivity contribution is 8.32. The van der Waals surface area contributed by atoms with E-state index in [1.54, 1.807) is 24.3 Å². The fourth-order valence-electron chi connectivity index (χ4n) is 4.74. The molecule has 0 spiro atoms. The van der Waals surface area contributed by atoms with Crippen LogP contribution in [-0.2, 0) is 20.2 Å². The van der Waals surface area contributed by atoms with Crippen molar-refractivity contribution in [3.63, 3.8) is 0 Å². The van der Waals surface area contributed by atoms with Gasteiger partial charge >= 0.3 is 10.1 Å². The monoisotopic (exact) mass is 530 g/mol. The molecule has 0 aromatic heterocycles. The van der Waals surface area contributed by atoms with Crippen LogP contribution in [0.5, 0.6) is 5.75 Å². The Kier molecular flexibility index (Phi) is 10.7. The van der Waals surface area contributed by atoms with Gasteiger partial charge in [-0.2, -0.15) is 8.42 Å². The van der Waals surface area contributed by atoms with Crippen LogP contribution in [0.25, 0.3) is 10.8 Å². The first-order chi connectivity index (χ1) is 17.3. The van der Waals surface area contributed by atoms with Gasteiger partial charge in [-0.1, -0.05) is 117 Å². The molecular weight excluding hydrogens is 488 g/mol. The van der Waals surface area contributed by atoms with Crippen LogP contribution in [0.1, 0.15) is 76.7 Å². The number of unbranched alkanes of at least 4 members (excludes halogenated alkanes) is 9. The molecule has 36 heavy (non-hydrogen) atoms. The zero-order valence-corrected chi connectivity index (χ0v) is 23.7. The number of phenolic OH excluding ortho intramolecular Hbond substituents is 1. The summed E-state index contributed by atoms with van der Waals surface area (Å²) < 4.78 is 32.9. The van der Waals surface area contributed by atoms with Crippen LogP contribution in [-0.4, -0.2) is 26.0 Å². The quantitative estimate of drug-likeness (QED) is 0.199. The van der Waals surface area contributed by atoms with Crippen LogP contribution in [0.3, 0.4) is 0 Å². The van der Waals surface area contributed by atoms with E-state index >= 15 is 0 Å². The number of benzene rings is 3. The number of phenols is 1. The Hall–Kier alpha value is -2.02. The molecule has 198 valence electrons. The summed E-state index contributed by atoms with van der Waals surface area (Å²) in [5, 5.41) is 11.8. The van der Waals surface area contributed by atoms with Gasteiger partial charge in [0, 0.05) is 10.3 Å². The minimum atomic E-state index is -3.96. The van der Waals surface area contributed by atoms with Crippen LogP contribution < -0.4 is 0 Å². The van der Waals surface area contributed by atoms with E-state index in [2.05, 4.69) is 6.92 Å². The third-order valence-corrected chi connectivity index (χ3v) is 11.1. The molecule has 0 saturated heterocycles. The van der Waals surface area contributed by atoms with Crippen molar-refractivity contribution >= 4 is 31.2 Å². The van der Waals surface area contributed by atoms with Gasteiger partial charge in [0.15, 0.2) is 0 Å². The van der Waals surface area contributed by atoms with E-state index < -0.39 is 20.4 Å². The molecule has 0 aliphatic rings. The third kappa shape index (κ3) is 7.74. The maximum Gasteiger partial charge on any atom is 0.306 e. The molecule has 0 amide bonds. The number of hydrogen-bond donors (Lipinski definition) is 1. The summed E-state index contributed by atoms with van der Waals surface area (Å²) in [6, 6.07) is 18.1. The van der Waals surface area contributed by atoms with Crippen LogP contribution >= 0.6 is 10.3 Å². The van der Waals surface area contributed by atoms with Crippen molar-refractivity contribution in [1.29, 1.82) is 0 Å². The van der Waals surface area contributed by atoms with Gasteiger partial charge in [0.1, 0.15) is 5.75 Å². The summed E-state index contributed by atoms with van der Waals surface area (Å²) in [6.45, 7) is 2.25. The molecule has 0 unspecified atom stereocenters. The lowest BCUT2D eigenvalue weighted by molar-refractivity contribution is 0.481. The van der Waals surface area contributed by atoms with Gasteiger partial charge in [-0.15, -0.1) is 0 Å². The van der Waals surface area contributed by atoms with Gasteiger partial charge in [0.2, 0.25) is 0 Å². The molecule has 0 atom stereocenters. The summed E-state index contributed by atoms with van der Waals surface area (Å²) in [5.74, 6) is 0.175. The second kappa shape index (κ2) is 13.5. The molecular formula is C30H42O4S2. The van der Waals surface area contributed by atoms with Gasteiger partial charge in [-0.05, 0) is 54.5 Å². The number of aromatic hydroxyl groups is 1. The zero-order valence-electron chi connectivity index (χ0n) is 22.0. The van der Waals surface area contributed by atoms with E-state index in [4.69, 9.17) is 3.63 Å². The number of hydrogen-bond acceptors (Lipinski definition) is 4. The molecule has 4 nitrogen and oxygen atoms in total. The molecule has 0 aliphatic carbocycles. The second-order valence-corrected chi connectivity index (χ2v) is 14.7. The van der Waals surface area contributed by atoms with Crippen molar-refractivity contribution in [3.8, 4) is 5.75 Å². The van der Waals surface area contributed by atoms with Crippen LogP contribution in [0, 0.1) is 0 Å². The van der Waals surface area contributed by atoms with Crippen molar-refractivity contribution in [2.75, 3.05) is 12.5 Å². The highest BCUT2D eigenvalue weighted by Crippen LogP contribution is 2.55. The summed E-state index contributed by atoms with van der Waals surface area (Å²) in [7, 11) is -6.13. The molecule has 1 N–H and O–H groups in total. The second-order valence-electron chi connectivity index (χ2n) is 9.92. The van der Waals surface area contributed by atoms with E-state index in [0.29, 0.717) is 5.39 Å². The van der Waals surface area contributed by atoms with Crippen molar-refractivity contribution in [3.05, 3.63) is 66.2 Å². The lowest BCUT2D eigenvalue weighted by atomic mass is 10.0. The molecule has 0 bridgehead atoms. The van der Waals surface area contributed by atoms with Crippen molar-refractivity contribution in [2.24, 2.45) is 0 Å². The molecule has 0 heterocycles. The molecule has 0 radical (unpaired) electrons. The highest BCUT2D eigenvalue weighted by atomic mass is 32.3. The predicted molar refractivity (Wildman–Crippen MR) is 154 cm³/mol. The Bertz CT molecular complexity index is 1220. The van der Waals surface area contributed by atoms with Gasteiger partial charge in [-0.25, -0.2) is 3.63 Å². The van der Waals surface area contributed by atoms with Gasteiger partial charge in [0.25, 0.3) is 0 Å². The fraction of sp³-hybridized carbons (Fsp3) is 0.467. The molecule has 0 saturated carbocycles. The fourth-order valence-corrected chi connectivity index (χ4v) is 8.96. The van der Waals surface area contributed by atoms with E-state index in [9.17, 15) is 13.5 Å². The summed E-state index contributed by atoms with van der Waals surface area (Å²) in [4.78, 5) is 1.07. The Morgan fingerprint density at radius 2 is 1.22 bits per heavy atom. The maximum atomic E-state index is 13.5. The molecule has 3 aromatic rings.